The van der Waals surface area contributed by atoms with E-state index in [2.05, 4.69) is 25.7 Å². The molecule has 1 rings (SSSR count). The first-order chi connectivity index (χ1) is 8.73. The Hall–Kier alpha value is -0.690. The molecule has 0 bridgehead atoms. The van der Waals surface area contributed by atoms with Crippen molar-refractivity contribution in [2.75, 3.05) is 13.6 Å². The molecule has 0 saturated carbocycles. The van der Waals surface area contributed by atoms with Gasteiger partial charge in [-0.1, -0.05) is 26.0 Å². The summed E-state index contributed by atoms with van der Waals surface area (Å²) in [6.07, 6.45) is 0. The molecule has 1 aromatic heterocycles. The van der Waals surface area contributed by atoms with E-state index in [4.69, 9.17) is 0 Å². The van der Waals surface area contributed by atoms with Crippen LogP contribution in [0.3, 0.4) is 0 Å². The quantitative estimate of drug-likeness (QED) is 0.787. The van der Waals surface area contributed by atoms with E-state index in [-0.39, 0.29) is 0 Å². The number of nitrogens with one attached hydrogen (secondary N) is 1. The Bertz CT molecular complexity index is 533. The highest BCUT2D eigenvalue weighted by Gasteiger charge is 2.22. The summed E-state index contributed by atoms with van der Waals surface area (Å²) in [6.45, 7) is 10.7. The molecule has 1 aromatic rings. The fourth-order valence-corrected chi connectivity index (χ4v) is 4.17. The van der Waals surface area contributed by atoms with Crippen LogP contribution in [0.1, 0.15) is 26.3 Å². The van der Waals surface area contributed by atoms with Crippen LogP contribution in [0.15, 0.2) is 27.8 Å². The number of sulfonamides is 1. The Balaban J connectivity index is 2.82. The Morgan fingerprint density at radius 2 is 2.16 bits per heavy atom. The van der Waals surface area contributed by atoms with Gasteiger partial charge >= 0.3 is 0 Å². The molecule has 6 heteroatoms. The van der Waals surface area contributed by atoms with Crippen molar-refractivity contribution in [3.05, 3.63) is 29.2 Å². The zero-order valence-electron chi connectivity index (χ0n) is 11.9. The SMILES string of the molecule is C=C(C)CN(C)S(=O)(=O)c1cc(CNC(C)C)cs1. The third-order valence-electron chi connectivity index (χ3n) is 2.50. The molecule has 0 unspecified atom stereocenters. The van der Waals surface area contributed by atoms with Crippen molar-refractivity contribution in [3.63, 3.8) is 0 Å². The van der Waals surface area contributed by atoms with Crippen molar-refractivity contribution in [2.24, 2.45) is 0 Å². The number of thiophene rings is 1. The molecular formula is C13H22N2O2S2. The Morgan fingerprint density at radius 1 is 1.53 bits per heavy atom. The second-order valence-corrected chi connectivity index (χ2v) is 8.21. The summed E-state index contributed by atoms with van der Waals surface area (Å²) in [6, 6.07) is 2.12. The van der Waals surface area contributed by atoms with Crippen LogP contribution in [0.2, 0.25) is 0 Å². The van der Waals surface area contributed by atoms with Crippen molar-refractivity contribution < 1.29 is 8.42 Å². The Kier molecular flexibility index (Phi) is 5.73. The summed E-state index contributed by atoms with van der Waals surface area (Å²) in [5.74, 6) is 0. The van der Waals surface area contributed by atoms with E-state index in [9.17, 15) is 8.42 Å². The third kappa shape index (κ3) is 4.72. The third-order valence-corrected chi connectivity index (χ3v) is 5.77. The molecule has 108 valence electrons. The van der Waals surface area contributed by atoms with Crippen LogP contribution in [0.5, 0.6) is 0 Å². The van der Waals surface area contributed by atoms with Gasteiger partial charge in [0.1, 0.15) is 4.21 Å². The van der Waals surface area contributed by atoms with Crippen LogP contribution in [-0.2, 0) is 16.6 Å². The Labute approximate surface area is 120 Å². The molecule has 0 aliphatic heterocycles. The van der Waals surface area contributed by atoms with Crippen LogP contribution >= 0.6 is 11.3 Å². The monoisotopic (exact) mass is 302 g/mol. The highest BCUT2D eigenvalue weighted by molar-refractivity contribution is 7.91. The van der Waals surface area contributed by atoms with E-state index in [1.165, 1.54) is 15.6 Å². The fourth-order valence-electron chi connectivity index (χ4n) is 1.52. The molecule has 0 aromatic carbocycles. The lowest BCUT2D eigenvalue weighted by Gasteiger charge is -2.15. The molecule has 19 heavy (non-hydrogen) atoms. The van der Waals surface area contributed by atoms with Gasteiger partial charge in [0.15, 0.2) is 0 Å². The van der Waals surface area contributed by atoms with Gasteiger partial charge < -0.3 is 5.32 Å². The zero-order valence-corrected chi connectivity index (χ0v) is 13.6. The van der Waals surface area contributed by atoms with Gasteiger partial charge in [-0.3, -0.25) is 0 Å². The van der Waals surface area contributed by atoms with Gasteiger partial charge in [-0.25, -0.2) is 8.42 Å². The smallest absolute Gasteiger partial charge is 0.252 e. The predicted octanol–water partition coefficient (Wildman–Crippen LogP) is 2.44. The maximum atomic E-state index is 12.3. The minimum absolute atomic E-state index is 0.347. The lowest BCUT2D eigenvalue weighted by atomic mass is 10.3. The van der Waals surface area contributed by atoms with Gasteiger partial charge in [-0.05, 0) is 23.9 Å². The molecule has 0 saturated heterocycles. The van der Waals surface area contributed by atoms with Gasteiger partial charge in [-0.15, -0.1) is 11.3 Å². The van der Waals surface area contributed by atoms with Gasteiger partial charge in [0.2, 0.25) is 0 Å². The van der Waals surface area contributed by atoms with E-state index < -0.39 is 10.0 Å². The van der Waals surface area contributed by atoms with Gasteiger partial charge in [-0.2, -0.15) is 4.31 Å². The molecule has 1 N–H and O–H groups in total. The molecular weight excluding hydrogens is 280 g/mol. The average Bonchev–Trinajstić information content (AvgIpc) is 2.74. The van der Waals surface area contributed by atoms with Crippen LogP contribution in [0.25, 0.3) is 0 Å². The van der Waals surface area contributed by atoms with E-state index >= 15 is 0 Å². The van der Waals surface area contributed by atoms with Crippen LogP contribution in [0, 0.1) is 0 Å². The maximum absolute atomic E-state index is 12.3. The standard InChI is InChI=1S/C13H22N2O2S2/c1-10(2)8-15(5)19(16,17)13-6-12(9-18-13)7-14-11(3)4/h6,9,11,14H,1,7-8H2,2-5H3. The van der Waals surface area contributed by atoms with Gasteiger partial charge in [0.05, 0.1) is 0 Å². The molecule has 1 heterocycles. The predicted molar refractivity (Wildman–Crippen MR) is 80.9 cm³/mol. The van der Waals surface area contributed by atoms with E-state index in [1.807, 2.05) is 12.3 Å². The second kappa shape index (κ2) is 6.65. The summed E-state index contributed by atoms with van der Waals surface area (Å²) >= 11 is 1.26. The van der Waals surface area contributed by atoms with Crippen molar-refractivity contribution in [2.45, 2.75) is 37.6 Å². The summed E-state index contributed by atoms with van der Waals surface area (Å²) in [5.41, 5.74) is 1.82. The fraction of sp³-hybridized carbons (Fsp3) is 0.538. The van der Waals surface area contributed by atoms with E-state index in [0.717, 1.165) is 11.1 Å². The average molecular weight is 302 g/mol. The van der Waals surface area contributed by atoms with Crippen molar-refractivity contribution in [1.29, 1.82) is 0 Å². The molecule has 4 nitrogen and oxygen atoms in total. The number of nitrogens with zero attached hydrogens (tertiary/aromatic N) is 1. The first-order valence-corrected chi connectivity index (χ1v) is 8.47. The lowest BCUT2D eigenvalue weighted by Crippen LogP contribution is -2.27. The minimum atomic E-state index is -3.39. The summed E-state index contributed by atoms with van der Waals surface area (Å²) in [4.78, 5) is 0. The highest BCUT2D eigenvalue weighted by Crippen LogP contribution is 2.23. The van der Waals surface area contributed by atoms with Crippen LogP contribution in [0.4, 0.5) is 0 Å². The highest BCUT2D eigenvalue weighted by atomic mass is 32.2. The molecule has 0 spiro atoms. The first-order valence-electron chi connectivity index (χ1n) is 6.15. The topological polar surface area (TPSA) is 49.4 Å². The number of hydrogen-bond donors (Lipinski definition) is 1. The molecule has 0 fully saturated rings. The largest absolute Gasteiger partial charge is 0.310 e. The summed E-state index contributed by atoms with van der Waals surface area (Å²) in [5, 5.41) is 5.16. The lowest BCUT2D eigenvalue weighted by molar-refractivity contribution is 0.495. The Morgan fingerprint density at radius 3 is 2.68 bits per heavy atom. The van der Waals surface area contributed by atoms with Crippen molar-refractivity contribution >= 4 is 21.4 Å². The maximum Gasteiger partial charge on any atom is 0.252 e. The number of likely N-dealkylation sites (N-methyl/N-ethyl adjacent to an activating group) is 1. The molecule has 0 aliphatic rings. The summed E-state index contributed by atoms with van der Waals surface area (Å²) < 4.78 is 26.3. The molecule has 0 radical (unpaired) electrons. The minimum Gasteiger partial charge on any atom is -0.310 e. The van der Waals surface area contributed by atoms with Crippen LogP contribution in [-0.4, -0.2) is 32.4 Å². The normalized spacial score (nSPS) is 12.3. The molecule has 0 atom stereocenters. The number of rotatable bonds is 7. The summed E-state index contributed by atoms with van der Waals surface area (Å²) in [7, 11) is -1.81. The van der Waals surface area contributed by atoms with E-state index in [1.54, 1.807) is 13.1 Å². The van der Waals surface area contributed by atoms with Gasteiger partial charge in [0.25, 0.3) is 10.0 Å². The van der Waals surface area contributed by atoms with E-state index in [0.29, 0.717) is 23.3 Å². The zero-order chi connectivity index (χ0) is 14.6. The molecule has 0 amide bonds. The number of hydrogen-bond acceptors (Lipinski definition) is 4. The van der Waals surface area contributed by atoms with Crippen molar-refractivity contribution in [3.8, 4) is 0 Å². The van der Waals surface area contributed by atoms with Gasteiger partial charge in [0, 0.05) is 26.2 Å². The van der Waals surface area contributed by atoms with Crippen molar-refractivity contribution in [1.82, 2.24) is 9.62 Å². The first kappa shape index (κ1) is 16.4. The van der Waals surface area contributed by atoms with Crippen LogP contribution < -0.4 is 5.32 Å². The second-order valence-electron chi connectivity index (χ2n) is 5.03. The molecule has 0 aliphatic carbocycles.